The van der Waals surface area contributed by atoms with Crippen molar-refractivity contribution in [1.82, 2.24) is 0 Å². The fourth-order valence-corrected chi connectivity index (χ4v) is 8.02. The van der Waals surface area contributed by atoms with Crippen LogP contribution in [0, 0.1) is 39.9 Å². The highest BCUT2D eigenvalue weighted by Gasteiger charge is 2.56. The smallest absolute Gasteiger partial charge is 0.404 e. The van der Waals surface area contributed by atoms with E-state index in [1.54, 1.807) is 0 Å². The second kappa shape index (κ2) is 16.3. The summed E-state index contributed by atoms with van der Waals surface area (Å²) in [5.41, 5.74) is -11.6. The van der Waals surface area contributed by atoms with E-state index in [1.165, 1.54) is 0 Å². The van der Waals surface area contributed by atoms with E-state index in [0.29, 0.717) is 51.2 Å². The second-order valence-electron chi connectivity index (χ2n) is 11.9. The van der Waals surface area contributed by atoms with Gasteiger partial charge in [-0.05, 0) is 51.3 Å². The number of halogens is 13. The van der Waals surface area contributed by atoms with Crippen molar-refractivity contribution in [3.8, 4) is 5.75 Å². The third-order valence-corrected chi connectivity index (χ3v) is 12.7. The number of thiophene rings is 1. The lowest BCUT2D eigenvalue weighted by Crippen LogP contribution is -2.38. The molecule has 7 nitrogen and oxygen atoms in total. The molecule has 1 heterocycles. The molecule has 24 heteroatoms. The molecule has 0 N–H and O–H groups in total. The van der Waals surface area contributed by atoms with Gasteiger partial charge >= 0.3 is 31.6 Å². The van der Waals surface area contributed by atoms with Gasteiger partial charge in [-0.2, -0.15) is 43.9 Å². The van der Waals surface area contributed by atoms with E-state index in [4.69, 9.17) is 9.05 Å². The maximum absolute atomic E-state index is 16.0. The number of hydrogen-bond donors (Lipinski definition) is 0. The SMILES string of the molecule is CC(C)(C(=O)SCCOP(=O)(OCCSC(=O)C(C)(C)C(F)(F)F)C(F)(F)c1ccc2sc(C(=O)Oc3c(F)c(F)c(F)c(F)c3F)cc2c1)C(F)(F)F. The van der Waals surface area contributed by atoms with Crippen molar-refractivity contribution in [2.45, 2.75) is 45.7 Å². The lowest BCUT2D eigenvalue weighted by atomic mass is 9.95. The molecule has 0 unspecified atom stereocenters. The minimum absolute atomic E-state index is 0.00395. The molecule has 0 amide bonds. The fourth-order valence-electron chi connectivity index (χ4n) is 3.68. The number of ether oxygens (including phenoxy) is 1. The highest BCUT2D eigenvalue weighted by molar-refractivity contribution is 8.14. The molecule has 0 atom stereocenters. The molecule has 2 aromatic carbocycles. The lowest BCUT2D eigenvalue weighted by molar-refractivity contribution is -0.206. The summed E-state index contributed by atoms with van der Waals surface area (Å²) in [7, 11) is -5.87. The van der Waals surface area contributed by atoms with Crippen LogP contribution in [0.4, 0.5) is 57.1 Å². The topological polar surface area (TPSA) is 96.0 Å². The maximum atomic E-state index is 16.0. The van der Waals surface area contributed by atoms with Gasteiger partial charge in [0.25, 0.3) is 0 Å². The van der Waals surface area contributed by atoms with Crippen LogP contribution in [0.1, 0.15) is 42.9 Å². The molecule has 0 radical (unpaired) electrons. The first-order valence-electron chi connectivity index (χ1n) is 14.5. The first-order valence-corrected chi connectivity index (χ1v) is 18.9. The first-order chi connectivity index (χ1) is 24.5. The van der Waals surface area contributed by atoms with Crippen LogP contribution < -0.4 is 4.74 Å². The standard InChI is InChI=1S/C30H24F13O7PS3/c1-26(2,29(38,39)40)24(45)52-9-7-48-51(47,49-8-10-53-25(46)27(3,4)30(41,42)43)28(36,37)14-5-6-15-13(11-14)12-16(54-15)23(44)50-22-20(34)18(32)17(31)19(33)21(22)35/h5-6,11-12H,7-10H2,1-4H3. The third kappa shape index (κ3) is 9.22. The van der Waals surface area contributed by atoms with Gasteiger partial charge in [-0.15, -0.1) is 11.3 Å². The molecule has 3 rings (SSSR count). The number of rotatable bonds is 14. The van der Waals surface area contributed by atoms with Gasteiger partial charge < -0.3 is 13.8 Å². The van der Waals surface area contributed by atoms with Crippen molar-refractivity contribution in [3.05, 3.63) is 63.8 Å². The van der Waals surface area contributed by atoms with E-state index >= 15 is 8.78 Å². The molecule has 0 saturated carbocycles. The van der Waals surface area contributed by atoms with E-state index in [0.717, 1.165) is 12.1 Å². The van der Waals surface area contributed by atoms with Gasteiger partial charge in [0.2, 0.25) is 45.1 Å². The Morgan fingerprint density at radius 3 is 1.54 bits per heavy atom. The predicted molar refractivity (Wildman–Crippen MR) is 171 cm³/mol. The molecular formula is C30H24F13O7PS3. The van der Waals surface area contributed by atoms with Crippen LogP contribution in [-0.4, -0.2) is 53.3 Å². The van der Waals surface area contributed by atoms with Gasteiger partial charge in [-0.1, -0.05) is 29.6 Å². The van der Waals surface area contributed by atoms with Crippen LogP contribution >= 0.6 is 42.5 Å². The zero-order chi connectivity index (χ0) is 41.4. The highest BCUT2D eigenvalue weighted by atomic mass is 32.2. The molecule has 300 valence electrons. The van der Waals surface area contributed by atoms with E-state index in [1.807, 2.05) is 0 Å². The van der Waals surface area contributed by atoms with Gasteiger partial charge in [0, 0.05) is 21.8 Å². The Morgan fingerprint density at radius 2 is 1.11 bits per heavy atom. The number of carbonyl (C=O) groups excluding carboxylic acids is 3. The van der Waals surface area contributed by atoms with Crippen LogP contribution in [0.15, 0.2) is 24.3 Å². The molecule has 0 spiro atoms. The summed E-state index contributed by atoms with van der Waals surface area (Å²) in [4.78, 5) is 36.2. The van der Waals surface area contributed by atoms with Gasteiger partial charge in [0.1, 0.15) is 15.7 Å². The maximum Gasteiger partial charge on any atom is 0.404 e. The molecule has 0 fully saturated rings. The highest BCUT2D eigenvalue weighted by Crippen LogP contribution is 2.67. The van der Waals surface area contributed by atoms with Crippen LogP contribution in [0.5, 0.6) is 5.75 Å². The summed E-state index contributed by atoms with van der Waals surface area (Å²) in [6, 6.07) is 2.93. The summed E-state index contributed by atoms with van der Waals surface area (Å²) in [6.07, 6.45) is -10.0. The lowest BCUT2D eigenvalue weighted by Gasteiger charge is -2.28. The number of hydrogen-bond acceptors (Lipinski definition) is 10. The number of thioether (sulfide) groups is 2. The van der Waals surface area contributed by atoms with Crippen LogP contribution in [0.2, 0.25) is 0 Å². The summed E-state index contributed by atoms with van der Waals surface area (Å²) in [5, 5.41) is -3.19. The molecule has 3 aromatic rings. The molecule has 0 aliphatic carbocycles. The molecule has 0 saturated heterocycles. The van der Waals surface area contributed by atoms with Crippen molar-refractivity contribution in [2.75, 3.05) is 24.7 Å². The minimum atomic E-state index is -5.87. The second-order valence-corrected chi connectivity index (χ2v) is 17.2. The minimum Gasteiger partial charge on any atom is -0.416 e. The van der Waals surface area contributed by atoms with Crippen LogP contribution in [0.3, 0.4) is 0 Å². The molecule has 1 aromatic heterocycles. The summed E-state index contributed by atoms with van der Waals surface area (Å²) in [5.74, 6) is -17.6. The number of alkyl halides is 8. The Balaban J connectivity index is 1.89. The molecule has 0 bridgehead atoms. The first kappa shape index (κ1) is 45.5. The Hall–Kier alpha value is -2.85. The Morgan fingerprint density at radius 1 is 0.685 bits per heavy atom. The summed E-state index contributed by atoms with van der Waals surface area (Å²) < 4.78 is 207. The molecular weight excluding hydrogens is 846 g/mol. The average molecular weight is 871 g/mol. The van der Waals surface area contributed by atoms with Crippen molar-refractivity contribution >= 4 is 68.7 Å². The van der Waals surface area contributed by atoms with Gasteiger partial charge in [-0.3, -0.25) is 14.2 Å². The number of esters is 1. The summed E-state index contributed by atoms with van der Waals surface area (Å²) in [6.45, 7) is 0.00569. The number of fused-ring (bicyclic) bond motifs is 1. The Bertz CT molecular complexity index is 1900. The number of carbonyl (C=O) groups is 3. The van der Waals surface area contributed by atoms with Crippen molar-refractivity contribution in [3.63, 3.8) is 0 Å². The monoisotopic (exact) mass is 870 g/mol. The van der Waals surface area contributed by atoms with Gasteiger partial charge in [0.05, 0.1) is 13.2 Å². The number of benzene rings is 2. The van der Waals surface area contributed by atoms with Gasteiger partial charge in [0.15, 0.2) is 0 Å². The molecule has 0 aliphatic heterocycles. The predicted octanol–water partition coefficient (Wildman–Crippen LogP) is 10.8. The summed E-state index contributed by atoms with van der Waals surface area (Å²) >= 11 is 0.426. The van der Waals surface area contributed by atoms with Crippen molar-refractivity contribution in [1.29, 1.82) is 0 Å². The third-order valence-electron chi connectivity index (χ3n) is 7.37. The fraction of sp³-hybridized carbons (Fsp3) is 0.433. The van der Waals surface area contributed by atoms with Crippen LogP contribution in [0.25, 0.3) is 10.1 Å². The van der Waals surface area contributed by atoms with Crippen molar-refractivity contribution in [2.24, 2.45) is 10.8 Å². The van der Waals surface area contributed by atoms with E-state index in [-0.39, 0.29) is 33.6 Å². The zero-order valence-corrected chi connectivity index (χ0v) is 30.9. The van der Waals surface area contributed by atoms with Crippen LogP contribution in [-0.2, 0) is 28.9 Å². The Kier molecular flexibility index (Phi) is 13.8. The Labute approximate surface area is 308 Å². The zero-order valence-electron chi connectivity index (χ0n) is 27.6. The van der Waals surface area contributed by atoms with Crippen molar-refractivity contribution < 1.29 is 89.8 Å². The average Bonchev–Trinajstić information content (AvgIpc) is 3.51. The molecule has 54 heavy (non-hydrogen) atoms. The van der Waals surface area contributed by atoms with E-state index in [9.17, 15) is 67.2 Å². The van der Waals surface area contributed by atoms with E-state index in [2.05, 4.69) is 4.74 Å². The normalized spacial score (nSPS) is 13.4. The molecule has 0 aliphatic rings. The largest absolute Gasteiger partial charge is 0.416 e. The van der Waals surface area contributed by atoms with E-state index < -0.39 is 123 Å². The quantitative estimate of drug-likeness (QED) is 0.0298. The van der Waals surface area contributed by atoms with Gasteiger partial charge in [-0.25, -0.2) is 18.0 Å².